The standard InChI is InChI=1S/C24H25N7O2/c1-33-21-19-16(14-5-9-31-15(10-14)4-6-26-31)13-25-20(19)28-23(29-21)27-18-12-24(11-17(18)24)22(32)30-7-2-3-8-30/h4-6,9-10,13,17-18H,2-3,7-8,11-12H2,1H3,(H2,25,27,28,29)/t17?,18-,24+/m0/s1. The molecule has 33 heavy (non-hydrogen) atoms. The second-order valence-electron chi connectivity index (χ2n) is 9.52. The fraction of sp³-hybridized carbons (Fsp3) is 0.417. The summed E-state index contributed by atoms with van der Waals surface area (Å²) in [4.78, 5) is 27.6. The number of rotatable bonds is 5. The van der Waals surface area contributed by atoms with Crippen LogP contribution in [0, 0.1) is 11.3 Å². The zero-order valence-electron chi connectivity index (χ0n) is 18.4. The van der Waals surface area contributed by atoms with Crippen molar-refractivity contribution in [2.24, 2.45) is 11.3 Å². The lowest BCUT2D eigenvalue weighted by atomic mass is 9.79. The molecule has 7 rings (SSSR count). The van der Waals surface area contributed by atoms with Crippen LogP contribution in [0.25, 0.3) is 27.7 Å². The number of carbonyl (C=O) groups excluding carboxylic acids is 1. The van der Waals surface area contributed by atoms with E-state index in [9.17, 15) is 4.79 Å². The molecule has 1 aliphatic heterocycles. The van der Waals surface area contributed by atoms with Crippen LogP contribution in [0.3, 0.4) is 0 Å². The van der Waals surface area contributed by atoms with Crippen molar-refractivity contribution in [3.05, 3.63) is 36.8 Å². The van der Waals surface area contributed by atoms with Crippen LogP contribution in [0.15, 0.2) is 36.8 Å². The summed E-state index contributed by atoms with van der Waals surface area (Å²) in [5.74, 6) is 1.82. The Labute approximate surface area is 190 Å². The van der Waals surface area contributed by atoms with Gasteiger partial charge in [0.2, 0.25) is 17.7 Å². The summed E-state index contributed by atoms with van der Waals surface area (Å²) in [5, 5.41) is 8.59. The van der Waals surface area contributed by atoms with Gasteiger partial charge < -0.3 is 19.9 Å². The minimum absolute atomic E-state index is 0.123. The average Bonchev–Trinajstić information content (AvgIpc) is 3.38. The maximum Gasteiger partial charge on any atom is 0.229 e. The van der Waals surface area contributed by atoms with Crippen molar-refractivity contribution < 1.29 is 9.53 Å². The number of H-pyrrole nitrogens is 1. The Balaban J connectivity index is 1.15. The first-order valence-corrected chi connectivity index (χ1v) is 11.6. The van der Waals surface area contributed by atoms with Crippen LogP contribution in [0.2, 0.25) is 0 Å². The van der Waals surface area contributed by atoms with Gasteiger partial charge in [0.05, 0.1) is 23.4 Å². The fourth-order valence-corrected chi connectivity index (χ4v) is 5.88. The molecular formula is C24H25N7O2. The molecule has 3 fully saturated rings. The number of hydrogen-bond acceptors (Lipinski definition) is 6. The van der Waals surface area contributed by atoms with Gasteiger partial charge >= 0.3 is 0 Å². The van der Waals surface area contributed by atoms with E-state index in [2.05, 4.69) is 31.3 Å². The number of ether oxygens (including phenoxy) is 1. The van der Waals surface area contributed by atoms with E-state index < -0.39 is 0 Å². The van der Waals surface area contributed by atoms with E-state index in [1.807, 2.05) is 29.0 Å². The number of pyridine rings is 1. The van der Waals surface area contributed by atoms with Crippen molar-refractivity contribution in [3.63, 3.8) is 0 Å². The molecule has 168 valence electrons. The zero-order chi connectivity index (χ0) is 22.2. The molecule has 1 unspecified atom stereocenters. The highest BCUT2D eigenvalue weighted by Crippen LogP contribution is 2.68. The van der Waals surface area contributed by atoms with Gasteiger partial charge in [-0.2, -0.15) is 15.1 Å². The van der Waals surface area contributed by atoms with Crippen molar-refractivity contribution in [2.75, 3.05) is 25.5 Å². The van der Waals surface area contributed by atoms with E-state index in [0.717, 1.165) is 66.4 Å². The van der Waals surface area contributed by atoms with Crippen molar-refractivity contribution in [2.45, 2.75) is 31.7 Å². The number of likely N-dealkylation sites (tertiary alicyclic amines) is 1. The highest BCUT2D eigenvalue weighted by molar-refractivity contribution is 5.98. The van der Waals surface area contributed by atoms with Gasteiger partial charge in [-0.25, -0.2) is 4.52 Å². The van der Waals surface area contributed by atoms with Crippen LogP contribution in [0.5, 0.6) is 5.88 Å². The SMILES string of the molecule is COc1nc(N[C@H]2C[C@]3(C(=O)N4CCCC4)CC23)nc2[nH]cc(-c3ccn4nccc4c3)c12. The second kappa shape index (κ2) is 6.69. The van der Waals surface area contributed by atoms with E-state index in [1.165, 1.54) is 0 Å². The number of nitrogens with zero attached hydrogens (tertiary/aromatic N) is 5. The average molecular weight is 444 g/mol. The van der Waals surface area contributed by atoms with Crippen LogP contribution in [-0.2, 0) is 4.79 Å². The summed E-state index contributed by atoms with van der Waals surface area (Å²) < 4.78 is 7.50. The number of carbonyl (C=O) groups is 1. The smallest absolute Gasteiger partial charge is 0.229 e. The number of nitrogens with one attached hydrogen (secondary N) is 2. The largest absolute Gasteiger partial charge is 0.480 e. The van der Waals surface area contributed by atoms with E-state index in [0.29, 0.717) is 23.7 Å². The highest BCUT2D eigenvalue weighted by atomic mass is 16.5. The molecule has 3 aliphatic rings. The van der Waals surface area contributed by atoms with Crippen LogP contribution in [0.1, 0.15) is 25.7 Å². The fourth-order valence-electron chi connectivity index (χ4n) is 5.88. The van der Waals surface area contributed by atoms with Crippen molar-refractivity contribution >= 4 is 28.4 Å². The van der Waals surface area contributed by atoms with Crippen LogP contribution < -0.4 is 10.1 Å². The van der Waals surface area contributed by atoms with E-state index in [4.69, 9.17) is 9.72 Å². The molecule has 0 radical (unpaired) electrons. The van der Waals surface area contributed by atoms with Crippen LogP contribution in [0.4, 0.5) is 5.95 Å². The second-order valence-corrected chi connectivity index (χ2v) is 9.52. The molecule has 9 nitrogen and oxygen atoms in total. The Kier molecular flexibility index (Phi) is 3.83. The van der Waals surface area contributed by atoms with Gasteiger partial charge in [0, 0.05) is 43.3 Å². The molecule has 3 atom stereocenters. The third kappa shape index (κ3) is 2.71. The zero-order valence-corrected chi connectivity index (χ0v) is 18.4. The monoisotopic (exact) mass is 443 g/mol. The Morgan fingerprint density at radius 3 is 2.94 bits per heavy atom. The van der Waals surface area contributed by atoms with E-state index in [1.54, 1.807) is 13.3 Å². The van der Waals surface area contributed by atoms with Gasteiger partial charge in [0.25, 0.3) is 0 Å². The van der Waals surface area contributed by atoms with Gasteiger partial charge in [-0.1, -0.05) is 0 Å². The third-order valence-electron chi connectivity index (χ3n) is 7.74. The number of amides is 1. The summed E-state index contributed by atoms with van der Waals surface area (Å²) in [7, 11) is 1.63. The molecule has 0 aromatic carbocycles. The molecule has 0 bridgehead atoms. The first kappa shape index (κ1) is 18.9. The number of anilines is 1. The Bertz CT molecular complexity index is 1400. The molecule has 1 saturated heterocycles. The molecule has 4 aromatic heterocycles. The predicted molar refractivity (Wildman–Crippen MR) is 123 cm³/mol. The first-order chi connectivity index (χ1) is 16.2. The lowest BCUT2D eigenvalue weighted by Gasteiger charge is -2.36. The number of hydrogen-bond donors (Lipinski definition) is 2. The molecule has 0 spiro atoms. The quantitative estimate of drug-likeness (QED) is 0.492. The summed E-state index contributed by atoms with van der Waals surface area (Å²) in [5.41, 5.74) is 3.64. The van der Waals surface area contributed by atoms with Gasteiger partial charge in [0.15, 0.2) is 0 Å². The van der Waals surface area contributed by atoms with Gasteiger partial charge in [0.1, 0.15) is 5.65 Å². The Morgan fingerprint density at radius 2 is 2.12 bits per heavy atom. The summed E-state index contributed by atoms with van der Waals surface area (Å²) in [6, 6.07) is 6.31. The number of aromatic amines is 1. The molecule has 4 aromatic rings. The predicted octanol–water partition coefficient (Wildman–Crippen LogP) is 3.09. The van der Waals surface area contributed by atoms with E-state index in [-0.39, 0.29) is 11.5 Å². The molecule has 2 aliphatic carbocycles. The minimum Gasteiger partial charge on any atom is -0.480 e. The van der Waals surface area contributed by atoms with Gasteiger partial charge in [-0.15, -0.1) is 0 Å². The summed E-state index contributed by atoms with van der Waals surface area (Å²) in [6.07, 6.45) is 9.77. The molecule has 2 saturated carbocycles. The van der Waals surface area contributed by atoms with Gasteiger partial charge in [-0.05, 0) is 55.4 Å². The number of aromatic nitrogens is 5. The number of methoxy groups -OCH3 is 1. The lowest BCUT2D eigenvalue weighted by Crippen LogP contribution is -2.47. The summed E-state index contributed by atoms with van der Waals surface area (Å²) >= 11 is 0. The number of fused-ring (bicyclic) bond motifs is 3. The highest BCUT2D eigenvalue weighted by Gasteiger charge is 2.72. The van der Waals surface area contributed by atoms with Crippen molar-refractivity contribution in [1.82, 2.24) is 29.5 Å². The lowest BCUT2D eigenvalue weighted by molar-refractivity contribution is -0.139. The normalized spacial score (nSPS) is 25.8. The molecule has 5 heterocycles. The first-order valence-electron chi connectivity index (χ1n) is 11.6. The van der Waals surface area contributed by atoms with Crippen molar-refractivity contribution in [1.29, 1.82) is 0 Å². The van der Waals surface area contributed by atoms with E-state index >= 15 is 0 Å². The minimum atomic E-state index is -0.123. The topological polar surface area (TPSA) is 100 Å². The third-order valence-corrected chi connectivity index (χ3v) is 7.74. The van der Waals surface area contributed by atoms with Crippen LogP contribution in [-0.4, -0.2) is 61.6 Å². The van der Waals surface area contributed by atoms with Gasteiger partial charge in [-0.3, -0.25) is 4.79 Å². The summed E-state index contributed by atoms with van der Waals surface area (Å²) in [6.45, 7) is 1.84. The molecule has 2 N–H and O–H groups in total. The Hall–Kier alpha value is -3.62. The maximum atomic E-state index is 12.9. The Morgan fingerprint density at radius 1 is 1.24 bits per heavy atom. The molecular weight excluding hydrogens is 418 g/mol. The van der Waals surface area contributed by atoms with Crippen LogP contribution >= 0.6 is 0 Å². The molecule has 1 amide bonds. The van der Waals surface area contributed by atoms with Crippen molar-refractivity contribution in [3.8, 4) is 17.0 Å². The molecule has 9 heteroatoms. The maximum absolute atomic E-state index is 12.9.